The molecular weight excluding hydrogens is 406 g/mol. The third-order valence-electron chi connectivity index (χ3n) is 4.08. The maximum absolute atomic E-state index is 13.2. The number of thioether (sulfide) groups is 1. The number of hydrogen-bond donors (Lipinski definition) is 2. The normalized spacial score (nSPS) is 11.6. The second-order valence-corrected chi connectivity index (χ2v) is 9.76. The molecule has 0 saturated carbocycles. The van der Waals surface area contributed by atoms with Gasteiger partial charge in [0.1, 0.15) is 10.9 Å². The summed E-state index contributed by atoms with van der Waals surface area (Å²) in [4.78, 5) is 19.7. The highest BCUT2D eigenvalue weighted by Gasteiger charge is 2.26. The minimum Gasteiger partial charge on any atom is -0.353 e. The van der Waals surface area contributed by atoms with Gasteiger partial charge in [-0.15, -0.1) is 0 Å². The molecule has 0 saturated heterocycles. The third kappa shape index (κ3) is 5.07. The molecule has 0 atom stereocenters. The van der Waals surface area contributed by atoms with Gasteiger partial charge in [-0.3, -0.25) is 4.79 Å². The molecule has 0 aliphatic carbocycles. The first kappa shape index (κ1) is 21.1. The van der Waals surface area contributed by atoms with E-state index in [1.165, 1.54) is 0 Å². The highest BCUT2D eigenvalue weighted by molar-refractivity contribution is 8.00. The van der Waals surface area contributed by atoms with E-state index >= 15 is 0 Å². The van der Waals surface area contributed by atoms with Crippen molar-refractivity contribution in [3.8, 4) is 11.4 Å². The van der Waals surface area contributed by atoms with Gasteiger partial charge in [0, 0.05) is 11.6 Å². The molecule has 3 rings (SSSR count). The topological polar surface area (TPSA) is 91.9 Å². The summed E-state index contributed by atoms with van der Waals surface area (Å²) < 4.78 is 26.4. The van der Waals surface area contributed by atoms with Crippen molar-refractivity contribution in [1.29, 1.82) is 0 Å². The number of nitrogens with zero attached hydrogens (tertiary/aromatic N) is 1. The van der Waals surface area contributed by atoms with Gasteiger partial charge in [-0.1, -0.05) is 59.8 Å². The standard InChI is InChI=1S/C21H23N3O3S2/c1-14(2)22-18(25)13-28-20-21(29(26,27)17-7-5-4-6-8-17)24-19(23-20)16-11-9-15(3)10-12-16/h4-12,14H,13H2,1-3H3,(H,22,25)(H,23,24). The summed E-state index contributed by atoms with van der Waals surface area (Å²) in [5.41, 5.74) is 1.87. The first-order valence-electron chi connectivity index (χ1n) is 9.16. The van der Waals surface area contributed by atoms with Gasteiger partial charge in [0.25, 0.3) is 0 Å². The molecule has 1 amide bonds. The van der Waals surface area contributed by atoms with Crippen LogP contribution < -0.4 is 5.32 Å². The molecule has 0 spiro atoms. The van der Waals surface area contributed by atoms with Gasteiger partial charge in [0.2, 0.25) is 15.7 Å². The Morgan fingerprint density at radius 1 is 1.10 bits per heavy atom. The number of aromatic nitrogens is 2. The van der Waals surface area contributed by atoms with Gasteiger partial charge < -0.3 is 10.3 Å². The predicted molar refractivity (Wildman–Crippen MR) is 115 cm³/mol. The van der Waals surface area contributed by atoms with Gasteiger partial charge in [-0.05, 0) is 32.9 Å². The summed E-state index contributed by atoms with van der Waals surface area (Å²) >= 11 is 1.10. The van der Waals surface area contributed by atoms with Crippen molar-refractivity contribution in [3.63, 3.8) is 0 Å². The minimum atomic E-state index is -3.81. The number of imidazole rings is 1. The lowest BCUT2D eigenvalue weighted by molar-refractivity contribution is -0.119. The number of carbonyl (C=O) groups is 1. The van der Waals surface area contributed by atoms with Crippen molar-refractivity contribution in [3.05, 3.63) is 60.2 Å². The zero-order chi connectivity index (χ0) is 21.0. The molecule has 0 fully saturated rings. The van der Waals surface area contributed by atoms with Crippen LogP contribution in [0.1, 0.15) is 19.4 Å². The van der Waals surface area contributed by atoms with E-state index in [1.54, 1.807) is 30.3 Å². The molecule has 1 heterocycles. The molecule has 6 nitrogen and oxygen atoms in total. The molecule has 2 N–H and O–H groups in total. The van der Waals surface area contributed by atoms with Crippen LogP contribution in [0.5, 0.6) is 0 Å². The molecule has 0 aliphatic rings. The van der Waals surface area contributed by atoms with Crippen LogP contribution in [0.2, 0.25) is 0 Å². The predicted octanol–water partition coefficient (Wildman–Crippen LogP) is 3.83. The van der Waals surface area contributed by atoms with Gasteiger partial charge in [0.15, 0.2) is 5.03 Å². The van der Waals surface area contributed by atoms with E-state index in [0.29, 0.717) is 5.82 Å². The molecule has 8 heteroatoms. The van der Waals surface area contributed by atoms with Crippen LogP contribution in [0.4, 0.5) is 0 Å². The Labute approximate surface area is 175 Å². The van der Waals surface area contributed by atoms with Crippen LogP contribution in [0, 0.1) is 6.92 Å². The lowest BCUT2D eigenvalue weighted by Gasteiger charge is -2.08. The van der Waals surface area contributed by atoms with Crippen LogP contribution in [-0.4, -0.2) is 36.1 Å². The van der Waals surface area contributed by atoms with E-state index < -0.39 is 9.84 Å². The summed E-state index contributed by atoms with van der Waals surface area (Å²) in [6.07, 6.45) is 0. The maximum Gasteiger partial charge on any atom is 0.230 e. The van der Waals surface area contributed by atoms with E-state index in [-0.39, 0.29) is 32.6 Å². The Hall–Kier alpha value is -2.58. The van der Waals surface area contributed by atoms with Gasteiger partial charge in [-0.25, -0.2) is 13.4 Å². The van der Waals surface area contributed by atoms with E-state index in [0.717, 1.165) is 22.9 Å². The molecule has 1 aromatic heterocycles. The Bertz CT molecular complexity index is 1090. The number of amides is 1. The molecule has 152 valence electrons. The number of sulfone groups is 1. The minimum absolute atomic E-state index is 0.00150. The Morgan fingerprint density at radius 2 is 1.76 bits per heavy atom. The SMILES string of the molecule is Cc1ccc(-c2nc(SCC(=O)NC(C)C)c(S(=O)(=O)c3ccccc3)[nH]2)cc1. The van der Waals surface area contributed by atoms with Crippen LogP contribution >= 0.6 is 11.8 Å². The highest BCUT2D eigenvalue weighted by atomic mass is 32.2. The average molecular weight is 430 g/mol. The summed E-state index contributed by atoms with van der Waals surface area (Å²) in [6.45, 7) is 5.72. The smallest absolute Gasteiger partial charge is 0.230 e. The molecule has 3 aromatic rings. The van der Waals surface area contributed by atoms with Crippen molar-refractivity contribution >= 4 is 27.5 Å². The fraction of sp³-hybridized carbons (Fsp3) is 0.238. The lowest BCUT2D eigenvalue weighted by atomic mass is 10.1. The van der Waals surface area contributed by atoms with Crippen LogP contribution in [-0.2, 0) is 14.6 Å². The number of aryl methyl sites for hydroxylation is 1. The molecular formula is C21H23N3O3S2. The van der Waals surface area contributed by atoms with Gasteiger partial charge in [0.05, 0.1) is 10.6 Å². The first-order valence-corrected chi connectivity index (χ1v) is 11.6. The lowest BCUT2D eigenvalue weighted by Crippen LogP contribution is -2.31. The molecule has 0 aliphatic heterocycles. The Kier molecular flexibility index (Phi) is 6.44. The summed E-state index contributed by atoms with van der Waals surface area (Å²) in [7, 11) is -3.81. The zero-order valence-electron chi connectivity index (χ0n) is 16.5. The van der Waals surface area contributed by atoms with E-state index in [9.17, 15) is 13.2 Å². The van der Waals surface area contributed by atoms with Gasteiger partial charge in [-0.2, -0.15) is 0 Å². The van der Waals surface area contributed by atoms with E-state index in [4.69, 9.17) is 0 Å². The fourth-order valence-electron chi connectivity index (χ4n) is 2.68. The number of hydrogen-bond acceptors (Lipinski definition) is 5. The fourth-order valence-corrected chi connectivity index (χ4v) is 5.14. The maximum atomic E-state index is 13.2. The van der Waals surface area contributed by atoms with Crippen molar-refractivity contribution in [2.45, 2.75) is 41.8 Å². The van der Waals surface area contributed by atoms with Gasteiger partial charge >= 0.3 is 0 Å². The number of aromatic amines is 1. The van der Waals surface area contributed by atoms with Crippen LogP contribution in [0.15, 0.2) is 69.5 Å². The number of benzene rings is 2. The molecule has 0 unspecified atom stereocenters. The second kappa shape index (κ2) is 8.84. The number of H-pyrrole nitrogens is 1. The van der Waals surface area contributed by atoms with Crippen LogP contribution in [0.25, 0.3) is 11.4 Å². The average Bonchev–Trinajstić information content (AvgIpc) is 3.12. The largest absolute Gasteiger partial charge is 0.353 e. The summed E-state index contributed by atoms with van der Waals surface area (Å²) in [6, 6.07) is 15.8. The molecule has 29 heavy (non-hydrogen) atoms. The zero-order valence-corrected chi connectivity index (χ0v) is 18.1. The van der Waals surface area contributed by atoms with E-state index in [2.05, 4.69) is 15.3 Å². The molecule has 0 radical (unpaired) electrons. The summed E-state index contributed by atoms with van der Waals surface area (Å²) in [5, 5.41) is 3.08. The van der Waals surface area contributed by atoms with Crippen molar-refractivity contribution in [1.82, 2.24) is 15.3 Å². The highest BCUT2D eigenvalue weighted by Crippen LogP contribution is 2.32. The monoisotopic (exact) mass is 429 g/mol. The van der Waals surface area contributed by atoms with Crippen molar-refractivity contribution < 1.29 is 13.2 Å². The van der Waals surface area contributed by atoms with Crippen molar-refractivity contribution in [2.24, 2.45) is 0 Å². The summed E-state index contributed by atoms with van der Waals surface area (Å²) in [5.74, 6) is 0.354. The molecule has 2 aromatic carbocycles. The first-order chi connectivity index (χ1) is 13.8. The van der Waals surface area contributed by atoms with E-state index in [1.807, 2.05) is 45.0 Å². The third-order valence-corrected chi connectivity index (χ3v) is 6.91. The number of carbonyl (C=O) groups excluding carboxylic acids is 1. The van der Waals surface area contributed by atoms with Crippen molar-refractivity contribution in [2.75, 3.05) is 5.75 Å². The molecule has 0 bridgehead atoms. The number of rotatable bonds is 7. The number of nitrogens with one attached hydrogen (secondary N) is 2. The van der Waals surface area contributed by atoms with Crippen LogP contribution in [0.3, 0.4) is 0 Å². The quantitative estimate of drug-likeness (QED) is 0.557. The Morgan fingerprint density at radius 3 is 2.38 bits per heavy atom. The Balaban J connectivity index is 2.00. The second-order valence-electron chi connectivity index (χ2n) is 6.91.